The van der Waals surface area contributed by atoms with Crippen molar-refractivity contribution in [2.24, 2.45) is 5.92 Å². The van der Waals surface area contributed by atoms with Gasteiger partial charge in [0.05, 0.1) is 0 Å². The van der Waals surface area contributed by atoms with Crippen molar-refractivity contribution in [2.75, 3.05) is 26.2 Å². The number of carbonyl (C=O) groups is 2. The lowest BCUT2D eigenvalue weighted by Crippen LogP contribution is -2.50. The fraction of sp³-hybridized carbons (Fsp3) is 0.562. The van der Waals surface area contributed by atoms with Crippen LogP contribution in [-0.2, 0) is 4.79 Å². The van der Waals surface area contributed by atoms with Gasteiger partial charge in [-0.2, -0.15) is 0 Å². The highest BCUT2D eigenvalue weighted by Gasteiger charge is 2.24. The van der Waals surface area contributed by atoms with Crippen molar-refractivity contribution in [2.45, 2.75) is 26.7 Å². The molecule has 1 aliphatic rings. The molecular weight excluding hydrogens is 266 g/mol. The van der Waals surface area contributed by atoms with Crippen LogP contribution in [0.1, 0.15) is 37.0 Å². The van der Waals surface area contributed by atoms with Crippen LogP contribution in [0, 0.1) is 5.92 Å². The molecule has 21 heavy (non-hydrogen) atoms. The highest BCUT2D eigenvalue weighted by Crippen LogP contribution is 2.11. The first kappa shape index (κ1) is 15.5. The van der Waals surface area contributed by atoms with Gasteiger partial charge in [0.1, 0.15) is 0 Å². The quantitative estimate of drug-likeness (QED) is 0.849. The summed E-state index contributed by atoms with van der Waals surface area (Å²) < 4.78 is 0. The number of aromatic nitrogens is 1. The van der Waals surface area contributed by atoms with E-state index in [0.717, 1.165) is 6.42 Å². The van der Waals surface area contributed by atoms with E-state index in [0.29, 0.717) is 44.1 Å². The van der Waals surface area contributed by atoms with Crippen LogP contribution in [0.15, 0.2) is 24.5 Å². The van der Waals surface area contributed by atoms with E-state index in [1.165, 1.54) is 0 Å². The Morgan fingerprint density at radius 2 is 1.67 bits per heavy atom. The van der Waals surface area contributed by atoms with E-state index in [1.54, 1.807) is 24.5 Å². The van der Waals surface area contributed by atoms with Gasteiger partial charge in [0, 0.05) is 50.6 Å². The van der Waals surface area contributed by atoms with Crippen molar-refractivity contribution in [3.63, 3.8) is 0 Å². The van der Waals surface area contributed by atoms with Gasteiger partial charge in [-0.25, -0.2) is 0 Å². The Hall–Kier alpha value is -1.91. The van der Waals surface area contributed by atoms with E-state index < -0.39 is 0 Å². The minimum atomic E-state index is 0.0201. The lowest BCUT2D eigenvalue weighted by molar-refractivity contribution is -0.132. The second-order valence-corrected chi connectivity index (χ2v) is 5.84. The third kappa shape index (κ3) is 4.28. The molecule has 5 heteroatoms. The highest BCUT2D eigenvalue weighted by molar-refractivity contribution is 5.94. The molecule has 2 rings (SSSR count). The molecule has 0 radical (unpaired) electrons. The fourth-order valence-electron chi connectivity index (χ4n) is 2.41. The molecule has 0 unspecified atom stereocenters. The van der Waals surface area contributed by atoms with E-state index in [9.17, 15) is 9.59 Å². The summed E-state index contributed by atoms with van der Waals surface area (Å²) in [6.07, 6.45) is 4.78. The zero-order chi connectivity index (χ0) is 15.2. The molecule has 1 fully saturated rings. The molecule has 0 aliphatic carbocycles. The van der Waals surface area contributed by atoms with Crippen molar-refractivity contribution >= 4 is 11.8 Å². The molecule has 1 aliphatic heterocycles. The first-order chi connectivity index (χ1) is 10.1. The molecule has 0 bridgehead atoms. The van der Waals surface area contributed by atoms with Crippen LogP contribution in [0.2, 0.25) is 0 Å². The molecule has 1 aromatic heterocycles. The van der Waals surface area contributed by atoms with Gasteiger partial charge in [-0.1, -0.05) is 13.8 Å². The number of carbonyl (C=O) groups excluding carboxylic acids is 2. The number of piperazine rings is 1. The summed E-state index contributed by atoms with van der Waals surface area (Å²) in [5.41, 5.74) is 0.657. The Labute approximate surface area is 126 Å². The third-order valence-electron chi connectivity index (χ3n) is 3.78. The summed E-state index contributed by atoms with van der Waals surface area (Å²) in [4.78, 5) is 31.9. The van der Waals surface area contributed by atoms with Crippen LogP contribution in [0.4, 0.5) is 0 Å². The number of rotatable bonds is 4. The van der Waals surface area contributed by atoms with Gasteiger partial charge >= 0.3 is 0 Å². The van der Waals surface area contributed by atoms with Crippen molar-refractivity contribution in [1.82, 2.24) is 14.8 Å². The van der Waals surface area contributed by atoms with Crippen molar-refractivity contribution < 1.29 is 9.59 Å². The minimum absolute atomic E-state index is 0.0201. The van der Waals surface area contributed by atoms with Crippen molar-refractivity contribution in [1.29, 1.82) is 0 Å². The van der Waals surface area contributed by atoms with Crippen LogP contribution in [-0.4, -0.2) is 52.8 Å². The predicted molar refractivity (Wildman–Crippen MR) is 80.8 cm³/mol. The standard InChI is InChI=1S/C16H23N3O2/c1-13(2)3-4-15(20)18-9-11-19(12-10-18)16(21)14-5-7-17-8-6-14/h5-8,13H,3-4,9-12H2,1-2H3. The Balaban J connectivity index is 1.83. The average molecular weight is 289 g/mol. The number of nitrogens with zero attached hydrogens (tertiary/aromatic N) is 3. The van der Waals surface area contributed by atoms with Gasteiger partial charge in [-0.15, -0.1) is 0 Å². The van der Waals surface area contributed by atoms with Crippen molar-refractivity contribution in [3.8, 4) is 0 Å². The van der Waals surface area contributed by atoms with Crippen LogP contribution in [0.25, 0.3) is 0 Å². The first-order valence-corrected chi connectivity index (χ1v) is 7.55. The second kappa shape index (κ2) is 7.20. The molecule has 114 valence electrons. The zero-order valence-electron chi connectivity index (χ0n) is 12.8. The summed E-state index contributed by atoms with van der Waals surface area (Å²) >= 11 is 0. The number of pyridine rings is 1. The van der Waals surface area contributed by atoms with Gasteiger partial charge in [0.2, 0.25) is 5.91 Å². The smallest absolute Gasteiger partial charge is 0.254 e. The molecule has 0 spiro atoms. The first-order valence-electron chi connectivity index (χ1n) is 7.55. The average Bonchev–Trinajstić information content (AvgIpc) is 2.53. The van der Waals surface area contributed by atoms with E-state index in [-0.39, 0.29) is 11.8 Å². The lowest BCUT2D eigenvalue weighted by Gasteiger charge is -2.35. The zero-order valence-corrected chi connectivity index (χ0v) is 12.8. The molecule has 0 aromatic carbocycles. The van der Waals surface area contributed by atoms with E-state index in [2.05, 4.69) is 18.8 Å². The van der Waals surface area contributed by atoms with E-state index in [4.69, 9.17) is 0 Å². The molecule has 5 nitrogen and oxygen atoms in total. The maximum atomic E-state index is 12.3. The topological polar surface area (TPSA) is 53.5 Å². The maximum absolute atomic E-state index is 12.3. The molecule has 1 saturated heterocycles. The minimum Gasteiger partial charge on any atom is -0.339 e. The molecule has 2 amide bonds. The van der Waals surface area contributed by atoms with Gasteiger partial charge < -0.3 is 9.80 Å². The molecule has 0 saturated carbocycles. The van der Waals surface area contributed by atoms with E-state index in [1.807, 2.05) is 9.80 Å². The van der Waals surface area contributed by atoms with Crippen molar-refractivity contribution in [3.05, 3.63) is 30.1 Å². The number of hydrogen-bond donors (Lipinski definition) is 0. The fourth-order valence-corrected chi connectivity index (χ4v) is 2.41. The summed E-state index contributed by atoms with van der Waals surface area (Å²) in [5, 5.41) is 0. The Morgan fingerprint density at radius 1 is 1.10 bits per heavy atom. The van der Waals surface area contributed by atoms with Gasteiger partial charge in [-0.05, 0) is 24.5 Å². The number of hydrogen-bond acceptors (Lipinski definition) is 3. The Kier molecular flexibility index (Phi) is 5.31. The van der Waals surface area contributed by atoms with Crippen LogP contribution in [0.5, 0.6) is 0 Å². The number of amides is 2. The molecule has 0 atom stereocenters. The van der Waals surface area contributed by atoms with Crippen LogP contribution < -0.4 is 0 Å². The second-order valence-electron chi connectivity index (χ2n) is 5.84. The SMILES string of the molecule is CC(C)CCC(=O)N1CCN(C(=O)c2ccncc2)CC1. The molecule has 1 aromatic rings. The monoisotopic (exact) mass is 289 g/mol. The third-order valence-corrected chi connectivity index (χ3v) is 3.78. The van der Waals surface area contributed by atoms with Crippen LogP contribution in [0.3, 0.4) is 0 Å². The van der Waals surface area contributed by atoms with E-state index >= 15 is 0 Å². The summed E-state index contributed by atoms with van der Waals surface area (Å²) in [6.45, 7) is 6.72. The Bertz CT molecular complexity index is 480. The largest absolute Gasteiger partial charge is 0.339 e. The summed E-state index contributed by atoms with van der Waals surface area (Å²) in [5.74, 6) is 0.773. The summed E-state index contributed by atoms with van der Waals surface area (Å²) in [7, 11) is 0. The molecule has 2 heterocycles. The molecule has 0 N–H and O–H groups in total. The normalized spacial score (nSPS) is 15.4. The lowest BCUT2D eigenvalue weighted by atomic mass is 10.1. The van der Waals surface area contributed by atoms with Gasteiger partial charge in [-0.3, -0.25) is 14.6 Å². The Morgan fingerprint density at radius 3 is 2.24 bits per heavy atom. The van der Waals surface area contributed by atoms with Crippen LogP contribution >= 0.6 is 0 Å². The maximum Gasteiger partial charge on any atom is 0.254 e. The predicted octanol–water partition coefficient (Wildman–Crippen LogP) is 1.80. The van der Waals surface area contributed by atoms with Gasteiger partial charge in [0.15, 0.2) is 0 Å². The highest BCUT2D eigenvalue weighted by atomic mass is 16.2. The van der Waals surface area contributed by atoms with Gasteiger partial charge in [0.25, 0.3) is 5.91 Å². The molecular formula is C16H23N3O2. The summed E-state index contributed by atoms with van der Waals surface area (Å²) in [6, 6.07) is 3.45.